The number of pyridine rings is 1. The van der Waals surface area contributed by atoms with Gasteiger partial charge in [0.05, 0.1) is 17.3 Å². The van der Waals surface area contributed by atoms with Crippen LogP contribution in [-0.2, 0) is 7.05 Å². The van der Waals surface area contributed by atoms with Crippen LogP contribution in [-0.4, -0.2) is 31.9 Å². The average molecular weight is 389 g/mol. The minimum atomic E-state index is -0.200. The summed E-state index contributed by atoms with van der Waals surface area (Å²) in [5, 5.41) is 0. The van der Waals surface area contributed by atoms with E-state index < -0.39 is 0 Å². The molecule has 1 aromatic carbocycles. The van der Waals surface area contributed by atoms with Crippen molar-refractivity contribution in [1.29, 1.82) is 0 Å². The summed E-state index contributed by atoms with van der Waals surface area (Å²) in [4.78, 5) is 35.6. The fourth-order valence-corrected chi connectivity index (χ4v) is 3.85. The molecule has 29 heavy (non-hydrogen) atoms. The lowest BCUT2D eigenvalue weighted by molar-refractivity contribution is 0.0606. The number of piperidine rings is 1. The van der Waals surface area contributed by atoms with E-state index in [-0.39, 0.29) is 23.5 Å². The smallest absolute Gasteiger partial charge is 0.255 e. The second-order valence-electron chi connectivity index (χ2n) is 7.27. The SMILES string of the molecule is Cn1cc(C(=O)N2CCCC[C@@H]2c2nc(N)ncc2-c2ccccc2)ccc1=O. The number of hydrogen-bond acceptors (Lipinski definition) is 5. The van der Waals surface area contributed by atoms with Crippen LogP contribution in [0.5, 0.6) is 0 Å². The minimum Gasteiger partial charge on any atom is -0.368 e. The molecule has 0 unspecified atom stereocenters. The number of nitrogen functional groups attached to an aromatic ring is 1. The number of benzene rings is 1. The fraction of sp³-hybridized carbons (Fsp3) is 0.273. The van der Waals surface area contributed by atoms with Crippen LogP contribution in [0, 0.1) is 0 Å². The predicted octanol–water partition coefficient (Wildman–Crippen LogP) is 2.79. The molecule has 2 N–H and O–H groups in total. The van der Waals surface area contributed by atoms with Gasteiger partial charge in [-0.25, -0.2) is 9.97 Å². The first kappa shape index (κ1) is 18.9. The molecule has 7 heteroatoms. The molecule has 7 nitrogen and oxygen atoms in total. The lowest BCUT2D eigenvalue weighted by atomic mass is 9.93. The molecule has 0 aliphatic carbocycles. The van der Waals surface area contributed by atoms with E-state index in [4.69, 9.17) is 5.73 Å². The Labute approximate surface area is 168 Å². The van der Waals surface area contributed by atoms with Gasteiger partial charge in [0.2, 0.25) is 11.5 Å². The van der Waals surface area contributed by atoms with E-state index in [2.05, 4.69) is 9.97 Å². The first-order valence-electron chi connectivity index (χ1n) is 9.70. The van der Waals surface area contributed by atoms with E-state index in [0.29, 0.717) is 12.1 Å². The van der Waals surface area contributed by atoms with Gasteiger partial charge >= 0.3 is 0 Å². The summed E-state index contributed by atoms with van der Waals surface area (Å²) >= 11 is 0. The van der Waals surface area contributed by atoms with Gasteiger partial charge in [0.15, 0.2) is 0 Å². The number of aromatic nitrogens is 3. The fourth-order valence-electron chi connectivity index (χ4n) is 3.85. The molecular formula is C22H23N5O2. The number of nitrogens with zero attached hydrogens (tertiary/aromatic N) is 4. The third kappa shape index (κ3) is 3.76. The Kier molecular flexibility index (Phi) is 5.12. The van der Waals surface area contributed by atoms with E-state index in [9.17, 15) is 9.59 Å². The minimum absolute atomic E-state index is 0.110. The number of aryl methyl sites for hydroxylation is 1. The Bertz CT molecular complexity index is 1090. The maximum Gasteiger partial charge on any atom is 0.255 e. The molecule has 3 heterocycles. The van der Waals surface area contributed by atoms with Crippen molar-refractivity contribution in [1.82, 2.24) is 19.4 Å². The highest BCUT2D eigenvalue weighted by Crippen LogP contribution is 2.36. The standard InChI is InChI=1S/C22H23N5O2/c1-26-14-16(10-11-19(26)28)21(29)27-12-6-5-9-18(27)20-17(13-24-22(23)25-20)15-7-3-2-4-8-15/h2-4,7-8,10-11,13-14,18H,5-6,9,12H2,1H3,(H2,23,24,25)/t18-/m1/s1. The monoisotopic (exact) mass is 389 g/mol. The summed E-state index contributed by atoms with van der Waals surface area (Å²) in [5.41, 5.74) is 8.89. The molecule has 0 saturated carbocycles. The quantitative estimate of drug-likeness (QED) is 0.743. The molecule has 1 amide bonds. The number of hydrogen-bond donors (Lipinski definition) is 1. The summed E-state index contributed by atoms with van der Waals surface area (Å²) < 4.78 is 1.42. The van der Waals surface area contributed by atoms with Crippen molar-refractivity contribution in [3.63, 3.8) is 0 Å². The number of carbonyl (C=O) groups is 1. The highest BCUT2D eigenvalue weighted by molar-refractivity contribution is 5.94. The molecule has 1 fully saturated rings. The summed E-state index contributed by atoms with van der Waals surface area (Å²) in [7, 11) is 1.64. The highest BCUT2D eigenvalue weighted by atomic mass is 16.2. The Morgan fingerprint density at radius 1 is 1.14 bits per heavy atom. The van der Waals surface area contributed by atoms with Gasteiger partial charge in [-0.1, -0.05) is 30.3 Å². The first-order valence-corrected chi connectivity index (χ1v) is 9.70. The van der Waals surface area contributed by atoms with Gasteiger partial charge in [-0.15, -0.1) is 0 Å². The van der Waals surface area contributed by atoms with Crippen LogP contribution >= 0.6 is 0 Å². The molecule has 0 bridgehead atoms. The van der Waals surface area contributed by atoms with Crippen molar-refractivity contribution in [3.8, 4) is 11.1 Å². The van der Waals surface area contributed by atoms with Crippen molar-refractivity contribution in [2.24, 2.45) is 7.05 Å². The first-order chi connectivity index (χ1) is 14.0. The maximum absolute atomic E-state index is 13.3. The normalized spacial score (nSPS) is 16.6. The molecule has 1 atom stereocenters. The zero-order chi connectivity index (χ0) is 20.4. The molecule has 2 aromatic heterocycles. The largest absolute Gasteiger partial charge is 0.368 e. The summed E-state index contributed by atoms with van der Waals surface area (Å²) in [6, 6.07) is 12.7. The van der Waals surface area contributed by atoms with Gasteiger partial charge in [-0.2, -0.15) is 0 Å². The Morgan fingerprint density at radius 3 is 2.69 bits per heavy atom. The van der Waals surface area contributed by atoms with Crippen molar-refractivity contribution in [2.45, 2.75) is 25.3 Å². The zero-order valence-electron chi connectivity index (χ0n) is 16.3. The van der Waals surface area contributed by atoms with Crippen LogP contribution in [0.3, 0.4) is 0 Å². The van der Waals surface area contributed by atoms with Gasteiger partial charge in [0.25, 0.3) is 5.91 Å². The van der Waals surface area contributed by atoms with Gasteiger partial charge < -0.3 is 15.2 Å². The van der Waals surface area contributed by atoms with Crippen molar-refractivity contribution in [2.75, 3.05) is 12.3 Å². The van der Waals surface area contributed by atoms with Crippen LogP contribution < -0.4 is 11.3 Å². The molecule has 1 aliphatic heterocycles. The summed E-state index contributed by atoms with van der Waals surface area (Å²) in [6.45, 7) is 0.629. The molecule has 0 spiro atoms. The van der Waals surface area contributed by atoms with Crippen molar-refractivity contribution >= 4 is 11.9 Å². The molecule has 1 saturated heterocycles. The Morgan fingerprint density at radius 2 is 1.93 bits per heavy atom. The number of amides is 1. The van der Waals surface area contributed by atoms with Gasteiger partial charge in [0, 0.05) is 37.6 Å². The maximum atomic E-state index is 13.3. The van der Waals surface area contributed by atoms with Gasteiger partial charge in [-0.3, -0.25) is 9.59 Å². The van der Waals surface area contributed by atoms with Gasteiger partial charge in [-0.05, 0) is 30.9 Å². The lowest BCUT2D eigenvalue weighted by Gasteiger charge is -2.36. The lowest BCUT2D eigenvalue weighted by Crippen LogP contribution is -2.39. The number of rotatable bonds is 3. The number of likely N-dealkylation sites (tertiary alicyclic amines) is 1. The zero-order valence-corrected chi connectivity index (χ0v) is 16.3. The third-order valence-electron chi connectivity index (χ3n) is 5.33. The van der Waals surface area contributed by atoms with E-state index in [1.54, 1.807) is 25.5 Å². The molecular weight excluding hydrogens is 366 g/mol. The van der Waals surface area contributed by atoms with Gasteiger partial charge in [0.1, 0.15) is 0 Å². The molecule has 148 valence electrons. The number of carbonyl (C=O) groups excluding carboxylic acids is 1. The Balaban J connectivity index is 1.77. The van der Waals surface area contributed by atoms with E-state index in [0.717, 1.165) is 36.1 Å². The number of nitrogens with two attached hydrogens (primary N) is 1. The second kappa shape index (κ2) is 7.87. The van der Waals surface area contributed by atoms with Crippen molar-refractivity contribution in [3.05, 3.63) is 76.5 Å². The molecule has 3 aromatic rings. The van der Waals surface area contributed by atoms with Crippen LogP contribution in [0.15, 0.2) is 59.7 Å². The number of anilines is 1. The molecule has 4 rings (SSSR count). The van der Waals surface area contributed by atoms with E-state index >= 15 is 0 Å². The second-order valence-corrected chi connectivity index (χ2v) is 7.27. The van der Waals surface area contributed by atoms with Crippen LogP contribution in [0.4, 0.5) is 5.95 Å². The molecule has 1 aliphatic rings. The van der Waals surface area contributed by atoms with Crippen LogP contribution in [0.25, 0.3) is 11.1 Å². The van der Waals surface area contributed by atoms with E-state index in [1.165, 1.54) is 10.6 Å². The van der Waals surface area contributed by atoms with Crippen molar-refractivity contribution < 1.29 is 4.79 Å². The molecule has 0 radical (unpaired) electrons. The van der Waals surface area contributed by atoms with Crippen LogP contribution in [0.2, 0.25) is 0 Å². The van der Waals surface area contributed by atoms with Crippen LogP contribution in [0.1, 0.15) is 41.4 Å². The highest BCUT2D eigenvalue weighted by Gasteiger charge is 2.32. The summed E-state index contributed by atoms with van der Waals surface area (Å²) in [6.07, 6.45) is 6.04. The van der Waals surface area contributed by atoms with E-state index in [1.807, 2.05) is 35.2 Å². The summed E-state index contributed by atoms with van der Waals surface area (Å²) in [5.74, 6) is 0.0845. The average Bonchev–Trinajstić information content (AvgIpc) is 2.76. The predicted molar refractivity (Wildman–Crippen MR) is 111 cm³/mol. The Hall–Kier alpha value is -3.48. The topological polar surface area (TPSA) is 94.1 Å². The third-order valence-corrected chi connectivity index (χ3v) is 5.33.